The molecule has 0 aliphatic rings. The standard InChI is InChI=1S/C20H23N3O7S/c1-4-29-20(26)22-16-6-5-7-17(12-16)30-19(25)13(2)23-31(27,28)18-10-8-15(9-11-18)21-14(3)24/h5-13,23H,4H2,1-3H3,(H,21,24)(H,22,26)/t13-/m0/s1. The average molecular weight is 449 g/mol. The molecule has 31 heavy (non-hydrogen) atoms. The van der Waals surface area contributed by atoms with Crippen LogP contribution in [0.5, 0.6) is 5.75 Å². The van der Waals surface area contributed by atoms with E-state index in [0.717, 1.165) is 0 Å². The number of carbonyl (C=O) groups excluding carboxylic acids is 3. The number of sulfonamides is 1. The van der Waals surface area contributed by atoms with Gasteiger partial charge in [0.25, 0.3) is 0 Å². The highest BCUT2D eigenvalue weighted by Crippen LogP contribution is 2.19. The summed E-state index contributed by atoms with van der Waals surface area (Å²) in [5.41, 5.74) is 0.784. The van der Waals surface area contributed by atoms with Crippen molar-refractivity contribution in [3.8, 4) is 5.75 Å². The Bertz CT molecular complexity index is 1050. The Morgan fingerprint density at radius 3 is 2.29 bits per heavy atom. The molecule has 0 unspecified atom stereocenters. The fourth-order valence-corrected chi connectivity index (χ4v) is 3.59. The molecule has 11 heteroatoms. The van der Waals surface area contributed by atoms with Crippen molar-refractivity contribution >= 4 is 39.4 Å². The van der Waals surface area contributed by atoms with E-state index in [1.165, 1.54) is 50.2 Å². The first-order valence-electron chi connectivity index (χ1n) is 9.26. The summed E-state index contributed by atoms with van der Waals surface area (Å²) in [4.78, 5) is 34.8. The second-order valence-corrected chi connectivity index (χ2v) is 8.06. The zero-order chi connectivity index (χ0) is 23.0. The Labute approximate surface area is 180 Å². The summed E-state index contributed by atoms with van der Waals surface area (Å²) < 4.78 is 37.2. The average Bonchev–Trinajstić information content (AvgIpc) is 2.68. The summed E-state index contributed by atoms with van der Waals surface area (Å²) >= 11 is 0. The molecule has 0 bridgehead atoms. The first-order valence-corrected chi connectivity index (χ1v) is 10.7. The van der Waals surface area contributed by atoms with E-state index in [9.17, 15) is 22.8 Å². The molecule has 3 N–H and O–H groups in total. The highest BCUT2D eigenvalue weighted by atomic mass is 32.2. The van der Waals surface area contributed by atoms with Crippen LogP contribution in [0.4, 0.5) is 16.2 Å². The molecule has 0 saturated heterocycles. The normalized spacial score (nSPS) is 11.8. The summed E-state index contributed by atoms with van der Waals surface area (Å²) in [5.74, 6) is -1.01. The van der Waals surface area contributed by atoms with E-state index in [1.807, 2.05) is 0 Å². The zero-order valence-corrected chi connectivity index (χ0v) is 18.0. The van der Waals surface area contributed by atoms with E-state index < -0.39 is 28.1 Å². The number of rotatable bonds is 8. The molecule has 0 aliphatic heterocycles. The molecular formula is C20H23N3O7S. The van der Waals surface area contributed by atoms with Crippen molar-refractivity contribution in [2.75, 3.05) is 17.2 Å². The van der Waals surface area contributed by atoms with Crippen LogP contribution in [-0.2, 0) is 24.3 Å². The lowest BCUT2D eigenvalue weighted by Crippen LogP contribution is -2.40. The summed E-state index contributed by atoms with van der Waals surface area (Å²) in [7, 11) is -4.01. The van der Waals surface area contributed by atoms with Gasteiger partial charge in [-0.1, -0.05) is 6.07 Å². The number of benzene rings is 2. The molecule has 0 fully saturated rings. The Morgan fingerprint density at radius 2 is 1.68 bits per heavy atom. The molecular weight excluding hydrogens is 426 g/mol. The molecule has 0 heterocycles. The van der Waals surface area contributed by atoms with Gasteiger partial charge in [-0.15, -0.1) is 0 Å². The quantitative estimate of drug-likeness (QED) is 0.415. The minimum atomic E-state index is -4.01. The van der Waals surface area contributed by atoms with Gasteiger partial charge in [-0.2, -0.15) is 4.72 Å². The molecule has 2 rings (SSSR count). The van der Waals surface area contributed by atoms with Crippen LogP contribution in [0.1, 0.15) is 20.8 Å². The molecule has 2 aromatic carbocycles. The van der Waals surface area contributed by atoms with Gasteiger partial charge in [-0.05, 0) is 50.2 Å². The third-order valence-corrected chi connectivity index (χ3v) is 5.30. The lowest BCUT2D eigenvalue weighted by molar-refractivity contribution is -0.135. The van der Waals surface area contributed by atoms with Crippen molar-refractivity contribution in [2.24, 2.45) is 0 Å². The molecule has 0 saturated carbocycles. The second-order valence-electron chi connectivity index (χ2n) is 6.34. The molecule has 1 atom stereocenters. The van der Waals surface area contributed by atoms with Crippen LogP contribution in [0.15, 0.2) is 53.4 Å². The smallest absolute Gasteiger partial charge is 0.411 e. The van der Waals surface area contributed by atoms with Gasteiger partial charge in [0.15, 0.2) is 0 Å². The highest BCUT2D eigenvalue weighted by molar-refractivity contribution is 7.89. The van der Waals surface area contributed by atoms with Gasteiger partial charge in [-0.3, -0.25) is 10.1 Å². The van der Waals surface area contributed by atoms with Crippen LogP contribution >= 0.6 is 0 Å². The number of anilines is 2. The largest absolute Gasteiger partial charge is 0.450 e. The second kappa shape index (κ2) is 10.5. The van der Waals surface area contributed by atoms with Crippen LogP contribution in [-0.4, -0.2) is 39.0 Å². The summed E-state index contributed by atoms with van der Waals surface area (Å²) in [5, 5.41) is 5.00. The summed E-state index contributed by atoms with van der Waals surface area (Å²) in [6, 6.07) is 10.3. The summed E-state index contributed by atoms with van der Waals surface area (Å²) in [6.45, 7) is 4.54. The third kappa shape index (κ3) is 7.39. The molecule has 2 amide bonds. The van der Waals surface area contributed by atoms with E-state index in [4.69, 9.17) is 9.47 Å². The molecule has 0 aliphatic carbocycles. The first kappa shape index (κ1) is 23.8. The van der Waals surface area contributed by atoms with Gasteiger partial charge in [0.1, 0.15) is 11.8 Å². The van der Waals surface area contributed by atoms with E-state index in [0.29, 0.717) is 11.4 Å². The van der Waals surface area contributed by atoms with E-state index in [1.54, 1.807) is 19.1 Å². The van der Waals surface area contributed by atoms with Crippen LogP contribution in [0.2, 0.25) is 0 Å². The Morgan fingerprint density at radius 1 is 1.00 bits per heavy atom. The van der Waals surface area contributed by atoms with Crippen LogP contribution in [0.25, 0.3) is 0 Å². The maximum atomic E-state index is 12.5. The molecule has 10 nitrogen and oxygen atoms in total. The van der Waals surface area contributed by atoms with Crippen molar-refractivity contribution in [1.29, 1.82) is 0 Å². The predicted octanol–water partition coefficient (Wildman–Crippen LogP) is 2.49. The molecule has 0 radical (unpaired) electrons. The number of ether oxygens (including phenoxy) is 2. The number of carbonyl (C=O) groups is 3. The van der Waals surface area contributed by atoms with Gasteiger partial charge < -0.3 is 14.8 Å². The van der Waals surface area contributed by atoms with Gasteiger partial charge >= 0.3 is 12.1 Å². The Hall–Kier alpha value is -3.44. The lowest BCUT2D eigenvalue weighted by Gasteiger charge is -2.14. The minimum Gasteiger partial charge on any atom is -0.450 e. The van der Waals surface area contributed by atoms with Crippen LogP contribution < -0.4 is 20.1 Å². The SMILES string of the molecule is CCOC(=O)Nc1cccc(OC(=O)[C@H](C)NS(=O)(=O)c2ccc(NC(C)=O)cc2)c1. The topological polar surface area (TPSA) is 140 Å². The van der Waals surface area contributed by atoms with E-state index >= 15 is 0 Å². The molecule has 166 valence electrons. The maximum Gasteiger partial charge on any atom is 0.411 e. The fourth-order valence-electron chi connectivity index (χ4n) is 2.40. The van der Waals surface area contributed by atoms with E-state index in [-0.39, 0.29) is 23.2 Å². The lowest BCUT2D eigenvalue weighted by atomic mass is 10.3. The van der Waals surface area contributed by atoms with Crippen LogP contribution in [0, 0.1) is 0 Å². The van der Waals surface area contributed by atoms with Crippen molar-refractivity contribution in [3.63, 3.8) is 0 Å². The van der Waals surface area contributed by atoms with Crippen molar-refractivity contribution in [1.82, 2.24) is 4.72 Å². The van der Waals surface area contributed by atoms with Crippen LogP contribution in [0.3, 0.4) is 0 Å². The number of amides is 2. The van der Waals surface area contributed by atoms with Crippen molar-refractivity contribution < 1.29 is 32.3 Å². The molecule has 0 aromatic heterocycles. The number of hydrogen-bond donors (Lipinski definition) is 3. The third-order valence-electron chi connectivity index (χ3n) is 3.74. The number of hydrogen-bond acceptors (Lipinski definition) is 7. The summed E-state index contributed by atoms with van der Waals surface area (Å²) in [6.07, 6.45) is -0.656. The Kier molecular flexibility index (Phi) is 8.11. The van der Waals surface area contributed by atoms with Gasteiger partial charge in [-0.25, -0.2) is 18.0 Å². The minimum absolute atomic E-state index is 0.0816. The zero-order valence-electron chi connectivity index (χ0n) is 17.2. The van der Waals surface area contributed by atoms with Crippen molar-refractivity contribution in [2.45, 2.75) is 31.7 Å². The molecule has 2 aromatic rings. The monoisotopic (exact) mass is 449 g/mol. The van der Waals surface area contributed by atoms with E-state index in [2.05, 4.69) is 15.4 Å². The number of esters is 1. The number of nitrogens with one attached hydrogen (secondary N) is 3. The fraction of sp³-hybridized carbons (Fsp3) is 0.250. The van der Waals surface area contributed by atoms with Crippen molar-refractivity contribution in [3.05, 3.63) is 48.5 Å². The molecule has 0 spiro atoms. The van der Waals surface area contributed by atoms with Gasteiger partial charge in [0, 0.05) is 24.4 Å². The van der Waals surface area contributed by atoms with Gasteiger partial charge in [0.2, 0.25) is 15.9 Å². The van der Waals surface area contributed by atoms with Gasteiger partial charge in [0.05, 0.1) is 11.5 Å². The Balaban J connectivity index is 2.01. The first-order chi connectivity index (χ1) is 14.6. The predicted molar refractivity (Wildman–Crippen MR) is 113 cm³/mol. The highest BCUT2D eigenvalue weighted by Gasteiger charge is 2.23. The maximum absolute atomic E-state index is 12.5.